The van der Waals surface area contributed by atoms with Gasteiger partial charge in [0.15, 0.2) is 0 Å². The van der Waals surface area contributed by atoms with Gasteiger partial charge in [0.05, 0.1) is 46.3 Å². The molecule has 0 radical (unpaired) electrons. The lowest BCUT2D eigenvalue weighted by Crippen LogP contribution is -2.48. The monoisotopic (exact) mass is 925 g/mol. The first-order chi connectivity index (χ1) is 32.5. The highest BCUT2D eigenvalue weighted by Gasteiger charge is 2.84. The van der Waals surface area contributed by atoms with Crippen LogP contribution in [0.5, 0.6) is 11.8 Å². The first kappa shape index (κ1) is 43.6. The molecule has 4 bridgehead atoms. The fraction of sp³-hybridized carbons (Fsp3) is 0.392. The summed E-state index contributed by atoms with van der Waals surface area (Å²) in [4.78, 5) is 43.2. The van der Waals surface area contributed by atoms with Crippen molar-refractivity contribution < 1.29 is 37.4 Å². The number of halogens is 4. The van der Waals surface area contributed by atoms with Gasteiger partial charge >= 0.3 is 0 Å². The predicted octanol–water partition coefficient (Wildman–Crippen LogP) is 8.32. The molecule has 4 aromatic heterocycles. The van der Waals surface area contributed by atoms with Gasteiger partial charge in [0.2, 0.25) is 11.8 Å². The lowest BCUT2D eigenvalue weighted by atomic mass is 9.68. The van der Waals surface area contributed by atoms with Gasteiger partial charge in [-0.1, -0.05) is 39.0 Å². The molecular formula is C51H47F4N9O4. The number of carbonyl (C=O) groups excluding carboxylic acids is 2. The topological polar surface area (TPSA) is 171 Å². The molecule has 0 aliphatic heterocycles. The van der Waals surface area contributed by atoms with Crippen LogP contribution in [-0.2, 0) is 16.2 Å². The molecule has 348 valence electrons. The van der Waals surface area contributed by atoms with Gasteiger partial charge in [0.1, 0.15) is 34.7 Å². The van der Waals surface area contributed by atoms with Crippen LogP contribution in [-0.4, -0.2) is 93.4 Å². The summed E-state index contributed by atoms with van der Waals surface area (Å²) in [6.45, 7) is 10.9. The first-order valence-corrected chi connectivity index (χ1v) is 22.9. The third-order valence-electron chi connectivity index (χ3n) is 17.0. The van der Waals surface area contributed by atoms with Crippen LogP contribution in [0.4, 0.5) is 17.6 Å². The van der Waals surface area contributed by atoms with Crippen molar-refractivity contribution in [2.45, 2.75) is 88.4 Å². The smallest absolute Gasteiger partial charge is 0.274 e. The number of fused-ring (bicyclic) bond motifs is 7. The average Bonchev–Trinajstić information content (AvgIpc) is 3.61. The highest BCUT2D eigenvalue weighted by Crippen LogP contribution is 2.85. The quantitative estimate of drug-likeness (QED) is 0.120. The molecule has 5 aliphatic rings. The first-order valence-electron chi connectivity index (χ1n) is 22.9. The van der Waals surface area contributed by atoms with Gasteiger partial charge in [0.25, 0.3) is 11.8 Å². The molecule has 2 N–H and O–H groups in total. The minimum atomic E-state index is -1.00. The fourth-order valence-electron chi connectivity index (χ4n) is 13.5. The summed E-state index contributed by atoms with van der Waals surface area (Å²) in [7, 11) is 0. The normalized spacial score (nSPS) is 26.3. The molecule has 4 heterocycles. The molecule has 68 heavy (non-hydrogen) atoms. The van der Waals surface area contributed by atoms with E-state index in [1.54, 1.807) is 41.0 Å². The molecule has 3 fully saturated rings. The summed E-state index contributed by atoms with van der Waals surface area (Å²) in [5.74, 6) is -5.89. The van der Waals surface area contributed by atoms with Crippen molar-refractivity contribution >= 4 is 11.8 Å². The van der Waals surface area contributed by atoms with E-state index in [4.69, 9.17) is 5.10 Å². The second-order valence-electron chi connectivity index (χ2n) is 20.0. The Hall–Kier alpha value is -6.91. The Morgan fingerprint density at radius 2 is 1.34 bits per heavy atom. The number of likely N-dealkylation sites (N-methyl/N-ethyl adjacent to an activating group) is 2. The van der Waals surface area contributed by atoms with Gasteiger partial charge in [-0.25, -0.2) is 32.5 Å². The van der Waals surface area contributed by atoms with Gasteiger partial charge in [-0.15, -0.1) is 5.10 Å². The molecule has 2 aromatic carbocycles. The van der Waals surface area contributed by atoms with Crippen molar-refractivity contribution in [2.24, 2.45) is 10.8 Å². The molecule has 0 saturated heterocycles. The van der Waals surface area contributed by atoms with Crippen molar-refractivity contribution in [3.63, 3.8) is 0 Å². The zero-order valence-corrected chi connectivity index (χ0v) is 38.0. The number of amides is 2. The number of pyridine rings is 1. The number of benzene rings is 2. The Balaban J connectivity index is 0.997. The van der Waals surface area contributed by atoms with Crippen LogP contribution in [0.15, 0.2) is 73.1 Å². The van der Waals surface area contributed by atoms with Crippen LogP contribution in [0.3, 0.4) is 0 Å². The Bertz CT molecular complexity index is 3120. The molecule has 6 atom stereocenters. The van der Waals surface area contributed by atoms with Crippen LogP contribution in [0.25, 0.3) is 22.5 Å². The van der Waals surface area contributed by atoms with E-state index in [1.165, 1.54) is 30.5 Å². The second kappa shape index (κ2) is 14.8. The third kappa shape index (κ3) is 5.70. The molecule has 3 saturated carbocycles. The van der Waals surface area contributed by atoms with Crippen molar-refractivity contribution in [1.82, 2.24) is 45.1 Å². The standard InChI is InChI=1S/C51H47F4N9O4/c1-6-63(45(67)33-12-9-13-37(65)58-33)24-50-17-16-49(23-48(49,50)5)29-19-35(60-62-44(29)50)40-32(54)15-14-26(42(40)55)28-20-51(25-64(7-2)46(68)36-21-57-38(66)22-56-36)43-27(41(28)47(51,3)4)18-34(59-61-43)39-30(52)10-8-11-31(39)53/h8-15,18-19,21-22,28,41H,6-7,16-17,20,23-25H2,1-5H3,(H,57,66)(H,58,65)/t28?,41-,48?,49?,50+,51+/m1/s1. The molecule has 5 aliphatic carbocycles. The van der Waals surface area contributed by atoms with Crippen molar-refractivity contribution in [1.29, 1.82) is 0 Å². The molecule has 11 rings (SSSR count). The number of hydrogen-bond acceptors (Lipinski definition) is 11. The van der Waals surface area contributed by atoms with Crippen molar-refractivity contribution in [3.8, 4) is 34.3 Å². The summed E-state index contributed by atoms with van der Waals surface area (Å²) in [6.07, 6.45) is 4.89. The highest BCUT2D eigenvalue weighted by molar-refractivity contribution is 5.93. The van der Waals surface area contributed by atoms with E-state index in [1.807, 2.05) is 20.8 Å². The molecule has 6 aromatic rings. The van der Waals surface area contributed by atoms with E-state index in [2.05, 4.69) is 37.2 Å². The summed E-state index contributed by atoms with van der Waals surface area (Å²) in [5.41, 5.74) is -0.633. The summed E-state index contributed by atoms with van der Waals surface area (Å²) in [6, 6.07) is 14.1. The minimum Gasteiger partial charge on any atom is -0.493 e. The highest BCUT2D eigenvalue weighted by atomic mass is 19.1. The Morgan fingerprint density at radius 1 is 0.691 bits per heavy atom. The maximum atomic E-state index is 17.8. The van der Waals surface area contributed by atoms with Gasteiger partial charge in [-0.3, -0.25) is 9.59 Å². The van der Waals surface area contributed by atoms with Crippen molar-refractivity contribution in [3.05, 3.63) is 136 Å². The van der Waals surface area contributed by atoms with Crippen LogP contribution >= 0.6 is 0 Å². The molecule has 2 amide bonds. The van der Waals surface area contributed by atoms with E-state index in [0.29, 0.717) is 24.3 Å². The second-order valence-corrected chi connectivity index (χ2v) is 20.0. The fourth-order valence-corrected chi connectivity index (χ4v) is 13.5. The van der Waals surface area contributed by atoms with Gasteiger partial charge in [-0.2, -0.15) is 15.3 Å². The SMILES string of the molecule is CCN(C[C@@]12CC(c3ccc(F)c(-c4cc5c(nn4)[C@@]4(CN(CC)C(=O)c6cccc(O)n6)CCC56CC64C)c3F)[C@@H](c3cc(-c4c(F)cccc4F)nnc31)C2(C)C)C(=O)c1cnc(O)cn1. The van der Waals surface area contributed by atoms with E-state index in [9.17, 15) is 19.8 Å². The minimum absolute atomic E-state index is 0.00341. The van der Waals surface area contributed by atoms with Gasteiger partial charge in [-0.05, 0) is 115 Å². The predicted molar refractivity (Wildman–Crippen MR) is 238 cm³/mol. The van der Waals surface area contributed by atoms with Gasteiger partial charge < -0.3 is 20.0 Å². The summed E-state index contributed by atoms with van der Waals surface area (Å²) < 4.78 is 64.9. The molecule has 3 unspecified atom stereocenters. The molecular weight excluding hydrogens is 879 g/mol. The molecule has 13 nitrogen and oxygen atoms in total. The number of aromatic hydroxyl groups is 2. The lowest BCUT2D eigenvalue weighted by molar-refractivity contribution is 0.0644. The largest absolute Gasteiger partial charge is 0.493 e. The Morgan fingerprint density at radius 3 is 2.00 bits per heavy atom. The van der Waals surface area contributed by atoms with Crippen LogP contribution < -0.4 is 0 Å². The molecule has 0 spiro atoms. The van der Waals surface area contributed by atoms with Crippen LogP contribution in [0.2, 0.25) is 0 Å². The Labute approximate surface area is 388 Å². The van der Waals surface area contributed by atoms with Gasteiger partial charge in [0, 0.05) is 48.5 Å². The van der Waals surface area contributed by atoms with Crippen LogP contribution in [0, 0.1) is 34.1 Å². The summed E-state index contributed by atoms with van der Waals surface area (Å²) >= 11 is 0. The van der Waals surface area contributed by atoms with E-state index >= 15 is 17.6 Å². The number of aromatic nitrogens is 7. The zero-order valence-electron chi connectivity index (χ0n) is 38.0. The molecule has 17 heteroatoms. The van der Waals surface area contributed by atoms with Crippen LogP contribution in [0.1, 0.15) is 121 Å². The third-order valence-corrected chi connectivity index (χ3v) is 17.0. The number of carbonyl (C=O) groups is 2. The number of rotatable bonds is 11. The summed E-state index contributed by atoms with van der Waals surface area (Å²) in [5, 5.41) is 38.2. The maximum absolute atomic E-state index is 17.8. The zero-order chi connectivity index (χ0) is 47.9. The maximum Gasteiger partial charge on any atom is 0.274 e. The van der Waals surface area contributed by atoms with E-state index < -0.39 is 57.3 Å². The Kier molecular flexibility index (Phi) is 9.50. The van der Waals surface area contributed by atoms with E-state index in [0.717, 1.165) is 48.8 Å². The number of hydrogen-bond donors (Lipinski definition) is 2. The van der Waals surface area contributed by atoms with E-state index in [-0.39, 0.29) is 87.5 Å². The average molecular weight is 926 g/mol. The van der Waals surface area contributed by atoms with Crippen molar-refractivity contribution in [2.75, 3.05) is 26.2 Å². The number of nitrogens with zero attached hydrogens (tertiary/aromatic N) is 9. The lowest BCUT2D eigenvalue weighted by Gasteiger charge is -2.41.